The zero-order chi connectivity index (χ0) is 16.9. The molecule has 1 aromatic rings. The molecule has 0 saturated carbocycles. The summed E-state index contributed by atoms with van der Waals surface area (Å²) in [6.45, 7) is 7.00. The lowest BCUT2D eigenvalue weighted by Crippen LogP contribution is -2.29. The van der Waals surface area contributed by atoms with Gasteiger partial charge in [-0.1, -0.05) is 0 Å². The summed E-state index contributed by atoms with van der Waals surface area (Å²) in [5.74, 6) is 0.731. The number of hydrogen-bond acceptors (Lipinski definition) is 5. The molecule has 23 heavy (non-hydrogen) atoms. The molecule has 1 aromatic carbocycles. The molecule has 6 nitrogen and oxygen atoms in total. The van der Waals surface area contributed by atoms with E-state index in [1.165, 1.54) is 0 Å². The van der Waals surface area contributed by atoms with Crippen LogP contribution in [0.25, 0.3) is 0 Å². The summed E-state index contributed by atoms with van der Waals surface area (Å²) >= 11 is 0. The van der Waals surface area contributed by atoms with Gasteiger partial charge in [0.1, 0.15) is 11.4 Å². The Morgan fingerprint density at radius 3 is 2.52 bits per heavy atom. The van der Waals surface area contributed by atoms with Gasteiger partial charge in [0.15, 0.2) is 0 Å². The minimum absolute atomic E-state index is 0.315. The molecule has 0 bridgehead atoms. The Morgan fingerprint density at radius 1 is 1.22 bits per heavy atom. The van der Waals surface area contributed by atoms with E-state index in [2.05, 4.69) is 10.6 Å². The lowest BCUT2D eigenvalue weighted by Gasteiger charge is -2.26. The van der Waals surface area contributed by atoms with Gasteiger partial charge in [0.25, 0.3) is 0 Å². The summed E-state index contributed by atoms with van der Waals surface area (Å²) in [6, 6.07) is 5.81. The van der Waals surface area contributed by atoms with Gasteiger partial charge in [-0.2, -0.15) is 0 Å². The van der Waals surface area contributed by atoms with Crippen molar-refractivity contribution in [2.75, 3.05) is 31.0 Å². The SMILES string of the molecule is COc1ccc(NC(=O)OC(C)(C)C)c(NC2CCOCC2)c1. The molecule has 0 spiro atoms. The van der Waals surface area contributed by atoms with Crippen molar-refractivity contribution in [3.8, 4) is 5.75 Å². The molecule has 1 aliphatic rings. The van der Waals surface area contributed by atoms with E-state index in [9.17, 15) is 4.79 Å². The predicted octanol–water partition coefficient (Wildman–Crippen LogP) is 3.63. The molecule has 1 aliphatic heterocycles. The van der Waals surface area contributed by atoms with Crippen molar-refractivity contribution in [3.05, 3.63) is 18.2 Å². The molecular formula is C17H26N2O4. The summed E-state index contributed by atoms with van der Waals surface area (Å²) < 4.78 is 16.0. The van der Waals surface area contributed by atoms with Crippen LogP contribution in [0.2, 0.25) is 0 Å². The Labute approximate surface area is 137 Å². The van der Waals surface area contributed by atoms with Crippen LogP contribution in [0.4, 0.5) is 16.2 Å². The largest absolute Gasteiger partial charge is 0.497 e. The molecule has 1 saturated heterocycles. The molecule has 128 valence electrons. The van der Waals surface area contributed by atoms with Crippen molar-refractivity contribution in [1.29, 1.82) is 0 Å². The number of rotatable bonds is 4. The van der Waals surface area contributed by atoms with E-state index in [1.807, 2.05) is 39.0 Å². The number of methoxy groups -OCH3 is 1. The van der Waals surface area contributed by atoms with Crippen molar-refractivity contribution in [2.45, 2.75) is 45.3 Å². The Hall–Kier alpha value is -1.95. The number of amides is 1. The van der Waals surface area contributed by atoms with Crippen LogP contribution < -0.4 is 15.4 Å². The summed E-state index contributed by atoms with van der Waals surface area (Å²) in [4.78, 5) is 12.0. The fourth-order valence-electron chi connectivity index (χ4n) is 2.35. The maximum atomic E-state index is 12.0. The number of nitrogens with one attached hydrogen (secondary N) is 2. The van der Waals surface area contributed by atoms with Crippen molar-refractivity contribution in [2.24, 2.45) is 0 Å². The quantitative estimate of drug-likeness (QED) is 0.886. The number of carbonyl (C=O) groups is 1. The van der Waals surface area contributed by atoms with Gasteiger partial charge < -0.3 is 19.5 Å². The van der Waals surface area contributed by atoms with E-state index in [4.69, 9.17) is 14.2 Å². The predicted molar refractivity (Wildman–Crippen MR) is 90.3 cm³/mol. The van der Waals surface area contributed by atoms with E-state index in [0.717, 1.165) is 37.5 Å². The minimum Gasteiger partial charge on any atom is -0.497 e. The normalized spacial score (nSPS) is 15.8. The highest BCUT2D eigenvalue weighted by atomic mass is 16.6. The number of anilines is 2. The fraction of sp³-hybridized carbons (Fsp3) is 0.588. The zero-order valence-electron chi connectivity index (χ0n) is 14.3. The van der Waals surface area contributed by atoms with Gasteiger partial charge in [-0.15, -0.1) is 0 Å². The molecule has 0 aromatic heterocycles. The molecule has 2 N–H and O–H groups in total. The lowest BCUT2D eigenvalue weighted by atomic mass is 10.1. The van der Waals surface area contributed by atoms with Gasteiger partial charge in [0.05, 0.1) is 18.5 Å². The van der Waals surface area contributed by atoms with Gasteiger partial charge in [0.2, 0.25) is 0 Å². The first-order chi connectivity index (χ1) is 10.9. The average molecular weight is 322 g/mol. The first-order valence-corrected chi connectivity index (χ1v) is 7.90. The maximum Gasteiger partial charge on any atom is 0.412 e. The van der Waals surface area contributed by atoms with E-state index in [-0.39, 0.29) is 0 Å². The lowest BCUT2D eigenvalue weighted by molar-refractivity contribution is 0.0636. The van der Waals surface area contributed by atoms with Crippen LogP contribution in [0, 0.1) is 0 Å². The van der Waals surface area contributed by atoms with Crippen molar-refractivity contribution >= 4 is 17.5 Å². The maximum absolute atomic E-state index is 12.0. The van der Waals surface area contributed by atoms with Crippen LogP contribution in [0.3, 0.4) is 0 Å². The van der Waals surface area contributed by atoms with E-state index in [0.29, 0.717) is 11.7 Å². The van der Waals surface area contributed by atoms with Crippen LogP contribution in [0.15, 0.2) is 18.2 Å². The van der Waals surface area contributed by atoms with Crippen LogP contribution in [-0.2, 0) is 9.47 Å². The van der Waals surface area contributed by atoms with E-state index < -0.39 is 11.7 Å². The number of ether oxygens (including phenoxy) is 3. The van der Waals surface area contributed by atoms with Gasteiger partial charge in [-0.3, -0.25) is 5.32 Å². The number of hydrogen-bond donors (Lipinski definition) is 2. The molecule has 1 amide bonds. The van der Waals surface area contributed by atoms with Gasteiger partial charge in [-0.25, -0.2) is 4.79 Å². The van der Waals surface area contributed by atoms with E-state index >= 15 is 0 Å². The topological polar surface area (TPSA) is 68.8 Å². The summed E-state index contributed by atoms with van der Waals surface area (Å²) in [7, 11) is 1.62. The Balaban J connectivity index is 2.12. The molecular weight excluding hydrogens is 296 g/mol. The molecule has 0 aliphatic carbocycles. The molecule has 6 heteroatoms. The third-order valence-electron chi connectivity index (χ3n) is 3.44. The summed E-state index contributed by atoms with van der Waals surface area (Å²) in [5, 5.41) is 6.26. The van der Waals surface area contributed by atoms with Gasteiger partial charge >= 0.3 is 6.09 Å². The highest BCUT2D eigenvalue weighted by Crippen LogP contribution is 2.29. The third-order valence-corrected chi connectivity index (χ3v) is 3.44. The number of benzene rings is 1. The monoisotopic (exact) mass is 322 g/mol. The Kier molecular flexibility index (Phi) is 5.71. The first-order valence-electron chi connectivity index (χ1n) is 7.90. The van der Waals surface area contributed by atoms with Crippen LogP contribution in [0.1, 0.15) is 33.6 Å². The molecule has 1 heterocycles. The fourth-order valence-corrected chi connectivity index (χ4v) is 2.35. The highest BCUT2D eigenvalue weighted by Gasteiger charge is 2.19. The molecule has 2 rings (SSSR count). The van der Waals surface area contributed by atoms with Crippen LogP contribution in [0.5, 0.6) is 5.75 Å². The Bertz CT molecular complexity index is 534. The minimum atomic E-state index is -0.537. The highest BCUT2D eigenvalue weighted by molar-refractivity contribution is 5.90. The standard InChI is InChI=1S/C17H26N2O4/c1-17(2,3)23-16(20)19-14-6-5-13(21-4)11-15(14)18-12-7-9-22-10-8-12/h5-6,11-12,18H,7-10H2,1-4H3,(H,19,20). The Morgan fingerprint density at radius 2 is 1.91 bits per heavy atom. The second-order valence-corrected chi connectivity index (χ2v) is 6.57. The molecule has 1 fully saturated rings. The van der Waals surface area contributed by atoms with E-state index in [1.54, 1.807) is 7.11 Å². The van der Waals surface area contributed by atoms with Crippen molar-refractivity contribution < 1.29 is 19.0 Å². The average Bonchev–Trinajstić information content (AvgIpc) is 2.48. The molecule has 0 radical (unpaired) electrons. The van der Waals surface area contributed by atoms with Gasteiger partial charge in [0, 0.05) is 25.3 Å². The van der Waals surface area contributed by atoms with Crippen molar-refractivity contribution in [3.63, 3.8) is 0 Å². The zero-order valence-corrected chi connectivity index (χ0v) is 14.3. The number of carbonyl (C=O) groups excluding carboxylic acids is 1. The van der Waals surface area contributed by atoms with Crippen LogP contribution >= 0.6 is 0 Å². The van der Waals surface area contributed by atoms with Gasteiger partial charge in [-0.05, 0) is 45.7 Å². The third kappa shape index (κ3) is 5.63. The van der Waals surface area contributed by atoms with Crippen LogP contribution in [-0.4, -0.2) is 38.1 Å². The second kappa shape index (κ2) is 7.55. The second-order valence-electron chi connectivity index (χ2n) is 6.57. The smallest absolute Gasteiger partial charge is 0.412 e. The molecule has 0 atom stereocenters. The summed E-state index contributed by atoms with van der Waals surface area (Å²) in [5.41, 5.74) is 0.957. The molecule has 0 unspecified atom stereocenters. The van der Waals surface area contributed by atoms with Crippen molar-refractivity contribution in [1.82, 2.24) is 0 Å². The first kappa shape index (κ1) is 17.4. The summed E-state index contributed by atoms with van der Waals surface area (Å²) in [6.07, 6.45) is 1.39.